The SMILES string of the molecule is CC.CC.Cc1cc2c(s1)c(=O)n(Cc1ccccc1C#N)c(Cl)[n+]2C. The van der Waals surface area contributed by atoms with E-state index in [1.54, 1.807) is 16.7 Å². The molecule has 0 fully saturated rings. The second-order valence-electron chi connectivity index (χ2n) is 5.06. The number of fused-ring (bicyclic) bond motifs is 1. The number of hydrogen-bond donors (Lipinski definition) is 0. The van der Waals surface area contributed by atoms with Gasteiger partial charge in [-0.3, -0.25) is 0 Å². The Morgan fingerprint density at radius 3 is 2.46 bits per heavy atom. The third-order valence-electron chi connectivity index (χ3n) is 3.60. The predicted octanol–water partition coefficient (Wildman–Crippen LogP) is 4.82. The van der Waals surface area contributed by atoms with Crippen LogP contribution >= 0.6 is 22.9 Å². The highest BCUT2D eigenvalue weighted by Gasteiger charge is 2.22. The molecule has 138 valence electrons. The molecule has 2 heterocycles. The van der Waals surface area contributed by atoms with E-state index in [1.807, 2.05) is 59.9 Å². The number of benzene rings is 1. The van der Waals surface area contributed by atoms with Gasteiger partial charge in [0.05, 0.1) is 18.7 Å². The second-order valence-corrected chi connectivity index (χ2v) is 6.65. The molecule has 0 radical (unpaired) electrons. The maximum atomic E-state index is 12.7. The minimum atomic E-state index is -0.121. The van der Waals surface area contributed by atoms with Crippen molar-refractivity contribution in [1.29, 1.82) is 5.26 Å². The Morgan fingerprint density at radius 1 is 1.23 bits per heavy atom. The van der Waals surface area contributed by atoms with Crippen LogP contribution in [-0.4, -0.2) is 4.57 Å². The minimum absolute atomic E-state index is 0.121. The Bertz CT molecular complexity index is 983. The first-order chi connectivity index (χ1) is 12.5. The Labute approximate surface area is 163 Å². The van der Waals surface area contributed by atoms with E-state index in [0.717, 1.165) is 16.0 Å². The summed E-state index contributed by atoms with van der Waals surface area (Å²) in [5, 5.41) is 9.54. The van der Waals surface area contributed by atoms with Gasteiger partial charge in [-0.05, 0) is 19.1 Å². The van der Waals surface area contributed by atoms with E-state index < -0.39 is 0 Å². The van der Waals surface area contributed by atoms with Gasteiger partial charge in [0.25, 0.3) is 0 Å². The molecule has 0 amide bonds. The lowest BCUT2D eigenvalue weighted by Gasteiger charge is -2.06. The smallest absolute Gasteiger partial charge is 0.240 e. The number of thiophene rings is 1. The first-order valence-corrected chi connectivity index (χ1v) is 9.89. The standard InChI is InChI=1S/C16H13ClN3OS.2C2H6/c1-10-7-13-14(22-10)15(21)20(16(17)19(13)2)9-12-6-4-3-5-11(12)8-18;2*1-2/h3-7H,9H2,1-2H3;2*1-2H3/q+1;;. The van der Waals surface area contributed by atoms with Crippen LogP contribution in [0.15, 0.2) is 35.1 Å². The van der Waals surface area contributed by atoms with Gasteiger partial charge in [-0.25, -0.2) is 9.36 Å². The van der Waals surface area contributed by atoms with Crippen LogP contribution in [0.25, 0.3) is 10.2 Å². The molecule has 3 aromatic rings. The molecule has 0 N–H and O–H groups in total. The zero-order valence-electron chi connectivity index (χ0n) is 16.1. The predicted molar refractivity (Wildman–Crippen MR) is 110 cm³/mol. The maximum Gasteiger partial charge on any atom is 0.358 e. The van der Waals surface area contributed by atoms with Crippen LogP contribution in [0, 0.1) is 18.3 Å². The highest BCUT2D eigenvalue weighted by Crippen LogP contribution is 2.21. The van der Waals surface area contributed by atoms with E-state index >= 15 is 0 Å². The average Bonchev–Trinajstić information content (AvgIpc) is 3.09. The van der Waals surface area contributed by atoms with Gasteiger partial charge >= 0.3 is 10.8 Å². The monoisotopic (exact) mass is 390 g/mol. The molecule has 3 rings (SSSR count). The van der Waals surface area contributed by atoms with Crippen LogP contribution in [0.1, 0.15) is 43.7 Å². The molecule has 0 aliphatic rings. The fraction of sp³-hybridized carbons (Fsp3) is 0.350. The third kappa shape index (κ3) is 4.32. The fourth-order valence-electron chi connectivity index (χ4n) is 2.46. The van der Waals surface area contributed by atoms with Gasteiger partial charge in [0.1, 0.15) is 6.54 Å². The molecule has 0 spiro atoms. The molecular weight excluding hydrogens is 366 g/mol. The summed E-state index contributed by atoms with van der Waals surface area (Å²) in [6.45, 7) is 10.2. The molecule has 26 heavy (non-hydrogen) atoms. The van der Waals surface area contributed by atoms with E-state index in [9.17, 15) is 10.1 Å². The number of nitrogens with zero attached hydrogens (tertiary/aromatic N) is 3. The molecule has 1 aromatic carbocycles. The van der Waals surface area contributed by atoms with Gasteiger partial charge in [-0.1, -0.05) is 45.9 Å². The van der Waals surface area contributed by atoms with Gasteiger partial charge in [0.2, 0.25) is 0 Å². The van der Waals surface area contributed by atoms with E-state index in [4.69, 9.17) is 11.6 Å². The zero-order valence-corrected chi connectivity index (χ0v) is 17.7. The largest absolute Gasteiger partial charge is 0.358 e. The summed E-state index contributed by atoms with van der Waals surface area (Å²) in [5.41, 5.74) is 2.04. The number of aryl methyl sites for hydroxylation is 2. The minimum Gasteiger partial charge on any atom is -0.240 e. The Balaban J connectivity index is 0.000000791. The Morgan fingerprint density at radius 2 is 1.85 bits per heavy atom. The Kier molecular flexibility index (Phi) is 8.50. The molecule has 0 atom stereocenters. The van der Waals surface area contributed by atoms with Crippen LogP contribution in [-0.2, 0) is 13.6 Å². The van der Waals surface area contributed by atoms with Crippen molar-refractivity contribution in [2.75, 3.05) is 0 Å². The van der Waals surface area contributed by atoms with Gasteiger partial charge in [-0.2, -0.15) is 9.83 Å². The van der Waals surface area contributed by atoms with E-state index in [-0.39, 0.29) is 12.1 Å². The first-order valence-electron chi connectivity index (χ1n) is 8.69. The number of hydrogen-bond acceptors (Lipinski definition) is 3. The lowest BCUT2D eigenvalue weighted by Crippen LogP contribution is -2.39. The third-order valence-corrected chi connectivity index (χ3v) is 5.09. The summed E-state index contributed by atoms with van der Waals surface area (Å²) in [6, 6.07) is 11.3. The van der Waals surface area contributed by atoms with Crippen molar-refractivity contribution in [2.24, 2.45) is 7.05 Å². The summed E-state index contributed by atoms with van der Waals surface area (Å²) in [4.78, 5) is 13.8. The van der Waals surface area contributed by atoms with Crippen molar-refractivity contribution in [3.8, 4) is 6.07 Å². The normalized spacial score (nSPS) is 9.62. The zero-order chi connectivity index (χ0) is 19.9. The molecule has 6 heteroatoms. The molecule has 0 saturated carbocycles. The van der Waals surface area contributed by atoms with Crippen LogP contribution < -0.4 is 10.1 Å². The second kappa shape index (κ2) is 10.1. The molecule has 0 unspecified atom stereocenters. The number of nitriles is 1. The fourth-order valence-corrected chi connectivity index (χ4v) is 3.68. The lowest BCUT2D eigenvalue weighted by atomic mass is 10.1. The molecule has 4 nitrogen and oxygen atoms in total. The van der Waals surface area contributed by atoms with Crippen LogP contribution in [0.5, 0.6) is 0 Å². The van der Waals surface area contributed by atoms with E-state index in [1.165, 1.54) is 15.9 Å². The van der Waals surface area contributed by atoms with Crippen molar-refractivity contribution < 1.29 is 4.57 Å². The highest BCUT2D eigenvalue weighted by molar-refractivity contribution is 7.18. The molecule has 0 saturated heterocycles. The number of rotatable bonds is 2. The van der Waals surface area contributed by atoms with E-state index in [0.29, 0.717) is 15.5 Å². The molecular formula is C20H25ClN3OS+. The van der Waals surface area contributed by atoms with Crippen molar-refractivity contribution in [3.63, 3.8) is 0 Å². The average molecular weight is 391 g/mol. The van der Waals surface area contributed by atoms with Crippen LogP contribution in [0.4, 0.5) is 0 Å². The van der Waals surface area contributed by atoms with Gasteiger partial charge < -0.3 is 0 Å². The van der Waals surface area contributed by atoms with Gasteiger partial charge in [0, 0.05) is 22.0 Å². The lowest BCUT2D eigenvalue weighted by molar-refractivity contribution is -0.647. The van der Waals surface area contributed by atoms with Crippen LogP contribution in [0.3, 0.4) is 0 Å². The van der Waals surface area contributed by atoms with Crippen molar-refractivity contribution in [2.45, 2.75) is 41.2 Å². The molecule has 2 aromatic heterocycles. The summed E-state index contributed by atoms with van der Waals surface area (Å²) in [5.74, 6) is 0. The topological polar surface area (TPSA) is 49.7 Å². The van der Waals surface area contributed by atoms with Crippen LogP contribution in [0.2, 0.25) is 5.28 Å². The summed E-state index contributed by atoms with van der Waals surface area (Å²) >= 11 is 7.84. The van der Waals surface area contributed by atoms with Gasteiger partial charge in [0.15, 0.2) is 10.2 Å². The van der Waals surface area contributed by atoms with Crippen molar-refractivity contribution in [3.05, 3.63) is 62.0 Å². The molecule has 0 aliphatic carbocycles. The Hall–Kier alpha value is -2.16. The summed E-state index contributed by atoms with van der Waals surface area (Å²) in [7, 11) is 1.84. The maximum absolute atomic E-state index is 12.7. The highest BCUT2D eigenvalue weighted by atomic mass is 35.5. The molecule has 0 bridgehead atoms. The van der Waals surface area contributed by atoms with E-state index in [2.05, 4.69) is 6.07 Å². The first kappa shape index (κ1) is 21.9. The van der Waals surface area contributed by atoms with Gasteiger partial charge in [-0.15, -0.1) is 11.3 Å². The number of aromatic nitrogens is 2. The quantitative estimate of drug-likeness (QED) is 0.465. The summed E-state index contributed by atoms with van der Waals surface area (Å²) < 4.78 is 3.99. The van der Waals surface area contributed by atoms with Crippen molar-refractivity contribution >= 4 is 33.2 Å². The molecule has 0 aliphatic heterocycles. The summed E-state index contributed by atoms with van der Waals surface area (Å²) in [6.07, 6.45) is 0. The van der Waals surface area contributed by atoms with Crippen molar-refractivity contribution in [1.82, 2.24) is 4.57 Å². The number of halogens is 1.